The molecule has 0 amide bonds. The van der Waals surface area contributed by atoms with E-state index >= 15 is 0 Å². The van der Waals surface area contributed by atoms with E-state index in [2.05, 4.69) is 4.72 Å². The lowest BCUT2D eigenvalue weighted by Gasteiger charge is -2.14. The molecule has 102 valence electrons. The summed E-state index contributed by atoms with van der Waals surface area (Å²) >= 11 is 0. The number of ether oxygens (including phenoxy) is 1. The van der Waals surface area contributed by atoms with Crippen LogP contribution >= 0.6 is 0 Å². The van der Waals surface area contributed by atoms with E-state index in [1.54, 1.807) is 6.92 Å². The second-order valence-electron chi connectivity index (χ2n) is 4.02. The van der Waals surface area contributed by atoms with Crippen LogP contribution < -0.4 is 10.5 Å². The van der Waals surface area contributed by atoms with Crippen LogP contribution in [0.3, 0.4) is 0 Å². The molecule has 0 saturated heterocycles. The monoisotopic (exact) mass is 276 g/mol. The normalized spacial score (nSPS) is 13.5. The second-order valence-corrected chi connectivity index (χ2v) is 5.74. The van der Waals surface area contributed by atoms with E-state index in [9.17, 15) is 12.8 Å². The van der Waals surface area contributed by atoms with Gasteiger partial charge in [0.1, 0.15) is 5.82 Å². The Bertz CT molecular complexity index is 485. The zero-order chi connectivity index (χ0) is 13.8. The van der Waals surface area contributed by atoms with Gasteiger partial charge in [0.05, 0.1) is 4.90 Å². The lowest BCUT2D eigenvalue weighted by Crippen LogP contribution is -2.33. The van der Waals surface area contributed by atoms with Gasteiger partial charge in [0.25, 0.3) is 0 Å². The number of nitrogens with two attached hydrogens (primary N) is 1. The first-order valence-corrected chi connectivity index (χ1v) is 6.91. The maximum absolute atomic E-state index is 13.1. The first-order valence-electron chi connectivity index (χ1n) is 5.42. The Hall–Kier alpha value is -1.18. The van der Waals surface area contributed by atoms with Crippen molar-refractivity contribution >= 4 is 15.7 Å². The number of benzene rings is 1. The van der Waals surface area contributed by atoms with Crippen LogP contribution in [-0.4, -0.2) is 28.2 Å². The van der Waals surface area contributed by atoms with Crippen LogP contribution in [0.25, 0.3) is 0 Å². The number of nitrogen functional groups attached to an aromatic ring is 1. The Morgan fingerprint density at radius 2 is 2.11 bits per heavy atom. The molecule has 0 aliphatic rings. The molecule has 0 spiro atoms. The average molecular weight is 276 g/mol. The van der Waals surface area contributed by atoms with Crippen molar-refractivity contribution in [2.45, 2.75) is 24.3 Å². The summed E-state index contributed by atoms with van der Waals surface area (Å²) in [6.07, 6.45) is 0.528. The molecule has 0 radical (unpaired) electrons. The predicted molar refractivity (Wildman–Crippen MR) is 67.1 cm³/mol. The van der Waals surface area contributed by atoms with Crippen molar-refractivity contribution < 1.29 is 17.5 Å². The topological polar surface area (TPSA) is 81.4 Å². The molecule has 18 heavy (non-hydrogen) atoms. The molecule has 0 aliphatic carbocycles. The smallest absolute Gasteiger partial charge is 0.240 e. The quantitative estimate of drug-likeness (QED) is 0.763. The largest absolute Gasteiger partial charge is 0.399 e. The van der Waals surface area contributed by atoms with E-state index in [-0.39, 0.29) is 16.6 Å². The molecule has 0 heterocycles. The summed E-state index contributed by atoms with van der Waals surface area (Å²) in [5, 5.41) is 0. The Kier molecular flexibility index (Phi) is 5.06. The summed E-state index contributed by atoms with van der Waals surface area (Å²) < 4.78 is 44.3. The van der Waals surface area contributed by atoms with Crippen LogP contribution in [0.2, 0.25) is 0 Å². The van der Waals surface area contributed by atoms with E-state index in [1.165, 1.54) is 13.2 Å². The average Bonchev–Trinajstić information content (AvgIpc) is 2.24. The standard InChI is InChI=1S/C11H17FN2O3S/c1-8(3-4-17-2)14-18(15,16)11-6-9(12)5-10(13)7-11/h5-8,14H,3-4,13H2,1-2H3. The lowest BCUT2D eigenvalue weighted by atomic mass is 10.3. The molecule has 1 atom stereocenters. The molecule has 0 saturated carbocycles. The highest BCUT2D eigenvalue weighted by atomic mass is 32.2. The van der Waals surface area contributed by atoms with E-state index < -0.39 is 15.8 Å². The Morgan fingerprint density at radius 3 is 2.67 bits per heavy atom. The third-order valence-corrected chi connectivity index (χ3v) is 3.88. The van der Waals surface area contributed by atoms with Gasteiger partial charge in [-0.2, -0.15) is 0 Å². The molecule has 0 bridgehead atoms. The molecular formula is C11H17FN2O3S. The SMILES string of the molecule is COCCC(C)NS(=O)(=O)c1cc(N)cc(F)c1. The third-order valence-electron chi connectivity index (χ3n) is 2.32. The fourth-order valence-corrected chi connectivity index (χ4v) is 2.77. The zero-order valence-corrected chi connectivity index (χ0v) is 11.1. The first kappa shape index (κ1) is 14.9. The summed E-state index contributed by atoms with van der Waals surface area (Å²) in [6.45, 7) is 2.15. The number of methoxy groups -OCH3 is 1. The van der Waals surface area contributed by atoms with Gasteiger partial charge in [-0.1, -0.05) is 0 Å². The predicted octanol–water partition coefficient (Wildman–Crippen LogP) is 1.11. The van der Waals surface area contributed by atoms with Gasteiger partial charge in [-0.3, -0.25) is 0 Å². The molecule has 1 rings (SSSR count). The molecule has 7 heteroatoms. The Balaban J connectivity index is 2.86. The number of nitrogens with one attached hydrogen (secondary N) is 1. The van der Waals surface area contributed by atoms with Gasteiger partial charge < -0.3 is 10.5 Å². The van der Waals surface area contributed by atoms with Crippen LogP contribution in [0.15, 0.2) is 23.1 Å². The van der Waals surface area contributed by atoms with Crippen molar-refractivity contribution in [2.24, 2.45) is 0 Å². The van der Waals surface area contributed by atoms with Crippen LogP contribution in [0.4, 0.5) is 10.1 Å². The summed E-state index contributed by atoms with van der Waals surface area (Å²) in [4.78, 5) is -0.177. The summed E-state index contributed by atoms with van der Waals surface area (Å²) in [6, 6.07) is 2.91. The van der Waals surface area contributed by atoms with E-state index in [4.69, 9.17) is 10.5 Å². The highest BCUT2D eigenvalue weighted by Crippen LogP contribution is 2.16. The maximum atomic E-state index is 13.1. The molecule has 1 aromatic carbocycles. The number of halogens is 1. The molecule has 1 aromatic rings. The number of anilines is 1. The van der Waals surface area contributed by atoms with Crippen molar-refractivity contribution in [3.05, 3.63) is 24.0 Å². The van der Waals surface area contributed by atoms with Crippen molar-refractivity contribution in [3.63, 3.8) is 0 Å². The fourth-order valence-electron chi connectivity index (χ4n) is 1.43. The maximum Gasteiger partial charge on any atom is 0.240 e. The minimum atomic E-state index is -3.76. The van der Waals surface area contributed by atoms with Crippen LogP contribution in [0, 0.1) is 5.82 Å². The van der Waals surface area contributed by atoms with Gasteiger partial charge in [0.15, 0.2) is 0 Å². The van der Waals surface area contributed by atoms with Gasteiger partial charge in [-0.15, -0.1) is 0 Å². The van der Waals surface area contributed by atoms with Gasteiger partial charge >= 0.3 is 0 Å². The summed E-state index contributed by atoms with van der Waals surface area (Å²) in [5.74, 6) is -0.681. The number of rotatable bonds is 6. The van der Waals surface area contributed by atoms with Crippen LogP contribution in [0.1, 0.15) is 13.3 Å². The zero-order valence-electron chi connectivity index (χ0n) is 10.3. The third kappa shape index (κ3) is 4.25. The van der Waals surface area contributed by atoms with Crippen molar-refractivity contribution in [3.8, 4) is 0 Å². The van der Waals surface area contributed by atoms with E-state index in [1.807, 2.05) is 0 Å². The van der Waals surface area contributed by atoms with Crippen LogP contribution in [-0.2, 0) is 14.8 Å². The minimum absolute atomic E-state index is 0.0694. The molecule has 1 unspecified atom stereocenters. The first-order chi connectivity index (χ1) is 8.35. The molecule has 0 aromatic heterocycles. The van der Waals surface area contributed by atoms with Gasteiger partial charge in [0, 0.05) is 25.4 Å². The molecule has 0 fully saturated rings. The van der Waals surface area contributed by atoms with Crippen molar-refractivity contribution in [1.82, 2.24) is 4.72 Å². The molecule has 0 aliphatic heterocycles. The van der Waals surface area contributed by atoms with Gasteiger partial charge in [0.2, 0.25) is 10.0 Å². The second kappa shape index (κ2) is 6.12. The minimum Gasteiger partial charge on any atom is -0.399 e. The number of hydrogen-bond acceptors (Lipinski definition) is 4. The summed E-state index contributed by atoms with van der Waals surface area (Å²) in [7, 11) is -2.22. The van der Waals surface area contributed by atoms with E-state index in [0.29, 0.717) is 13.0 Å². The molecule has 3 N–H and O–H groups in total. The highest BCUT2D eigenvalue weighted by molar-refractivity contribution is 7.89. The van der Waals surface area contributed by atoms with Crippen molar-refractivity contribution in [2.75, 3.05) is 19.5 Å². The Morgan fingerprint density at radius 1 is 1.44 bits per heavy atom. The fraction of sp³-hybridized carbons (Fsp3) is 0.455. The lowest BCUT2D eigenvalue weighted by molar-refractivity contribution is 0.188. The molecular weight excluding hydrogens is 259 g/mol. The van der Waals surface area contributed by atoms with E-state index in [0.717, 1.165) is 12.1 Å². The summed E-state index contributed by atoms with van der Waals surface area (Å²) in [5.41, 5.74) is 5.48. The number of sulfonamides is 1. The highest BCUT2D eigenvalue weighted by Gasteiger charge is 2.18. The Labute approximate surface area is 106 Å². The van der Waals surface area contributed by atoms with Crippen molar-refractivity contribution in [1.29, 1.82) is 0 Å². The molecule has 5 nitrogen and oxygen atoms in total. The van der Waals surface area contributed by atoms with Gasteiger partial charge in [-0.05, 0) is 31.5 Å². The van der Waals surface area contributed by atoms with Gasteiger partial charge in [-0.25, -0.2) is 17.5 Å². The van der Waals surface area contributed by atoms with Crippen LogP contribution in [0.5, 0.6) is 0 Å². The number of hydrogen-bond donors (Lipinski definition) is 2.